The molecule has 0 aliphatic heterocycles. The zero-order chi connectivity index (χ0) is 17.6. The zero-order valence-corrected chi connectivity index (χ0v) is 14.3. The molecule has 3 rings (SSSR count). The van der Waals surface area contributed by atoms with Crippen LogP contribution in [0.4, 0.5) is 0 Å². The molecule has 0 saturated heterocycles. The van der Waals surface area contributed by atoms with Crippen LogP contribution in [0, 0.1) is 0 Å². The number of benzene rings is 3. The lowest BCUT2D eigenvalue weighted by Crippen LogP contribution is -2.08. The van der Waals surface area contributed by atoms with Crippen molar-refractivity contribution in [2.24, 2.45) is 0 Å². The number of methoxy groups -OCH3 is 2. The second kappa shape index (κ2) is 7.71. The molecular formula is C21H20O4. The average molecular weight is 336 g/mol. The topological polar surface area (TPSA) is 44.8 Å². The van der Waals surface area contributed by atoms with E-state index in [0.29, 0.717) is 11.5 Å². The van der Waals surface area contributed by atoms with E-state index in [1.54, 1.807) is 20.3 Å². The summed E-state index contributed by atoms with van der Waals surface area (Å²) < 4.78 is 15.9. The van der Waals surface area contributed by atoms with Crippen LogP contribution in [0.1, 0.15) is 11.1 Å². The lowest BCUT2D eigenvalue weighted by Gasteiger charge is -2.10. The summed E-state index contributed by atoms with van der Waals surface area (Å²) in [5.74, 6) is 1.00. The Morgan fingerprint density at radius 3 is 2.44 bits per heavy atom. The van der Waals surface area contributed by atoms with Crippen LogP contribution in [0.2, 0.25) is 0 Å². The van der Waals surface area contributed by atoms with Gasteiger partial charge in [-0.3, -0.25) is 4.79 Å². The molecule has 0 radical (unpaired) electrons. The Bertz CT molecular complexity index is 881. The maximum Gasteiger partial charge on any atom is 0.310 e. The van der Waals surface area contributed by atoms with Gasteiger partial charge < -0.3 is 14.2 Å². The highest BCUT2D eigenvalue weighted by Crippen LogP contribution is 2.28. The first-order valence-electron chi connectivity index (χ1n) is 8.04. The minimum atomic E-state index is -0.258. The first-order valence-corrected chi connectivity index (χ1v) is 8.04. The van der Waals surface area contributed by atoms with Crippen LogP contribution in [0.5, 0.6) is 11.5 Å². The average Bonchev–Trinajstić information content (AvgIpc) is 2.66. The molecule has 0 fully saturated rings. The third-order valence-corrected chi connectivity index (χ3v) is 4.06. The molecule has 0 atom stereocenters. The summed E-state index contributed by atoms with van der Waals surface area (Å²) in [6.07, 6.45) is 0.245. The fraction of sp³-hybridized carbons (Fsp3) is 0.190. The highest BCUT2D eigenvalue weighted by Gasteiger charge is 2.10. The Labute approximate surface area is 146 Å². The van der Waals surface area contributed by atoms with E-state index in [1.165, 1.54) is 0 Å². The number of hydrogen-bond acceptors (Lipinski definition) is 4. The van der Waals surface area contributed by atoms with Gasteiger partial charge in [0.1, 0.15) is 6.61 Å². The summed E-state index contributed by atoms with van der Waals surface area (Å²) in [4.78, 5) is 12.2. The van der Waals surface area contributed by atoms with E-state index in [0.717, 1.165) is 21.9 Å². The van der Waals surface area contributed by atoms with Gasteiger partial charge in [-0.15, -0.1) is 0 Å². The molecule has 0 aliphatic rings. The van der Waals surface area contributed by atoms with Crippen LogP contribution in [-0.2, 0) is 22.6 Å². The largest absolute Gasteiger partial charge is 0.493 e. The summed E-state index contributed by atoms with van der Waals surface area (Å²) >= 11 is 0. The number of fused-ring (bicyclic) bond motifs is 1. The first kappa shape index (κ1) is 16.8. The quantitative estimate of drug-likeness (QED) is 0.635. The summed E-state index contributed by atoms with van der Waals surface area (Å²) in [6, 6.07) is 19.4. The molecule has 0 amide bonds. The predicted octanol–water partition coefficient (Wildman–Crippen LogP) is 4.14. The molecule has 3 aromatic rings. The van der Waals surface area contributed by atoms with Crippen molar-refractivity contribution in [2.75, 3.05) is 14.2 Å². The lowest BCUT2D eigenvalue weighted by molar-refractivity contribution is -0.144. The van der Waals surface area contributed by atoms with Gasteiger partial charge >= 0.3 is 5.97 Å². The van der Waals surface area contributed by atoms with Crippen LogP contribution in [0.3, 0.4) is 0 Å². The van der Waals surface area contributed by atoms with E-state index in [-0.39, 0.29) is 19.0 Å². The molecule has 0 heterocycles. The van der Waals surface area contributed by atoms with Gasteiger partial charge in [0.05, 0.1) is 20.6 Å². The van der Waals surface area contributed by atoms with E-state index in [4.69, 9.17) is 14.2 Å². The van der Waals surface area contributed by atoms with Crippen LogP contribution in [0.15, 0.2) is 60.7 Å². The molecule has 3 aromatic carbocycles. The van der Waals surface area contributed by atoms with E-state index in [2.05, 4.69) is 0 Å². The Kier molecular flexibility index (Phi) is 5.19. The van der Waals surface area contributed by atoms with Gasteiger partial charge in [0.15, 0.2) is 11.5 Å². The molecule has 4 nitrogen and oxygen atoms in total. The number of rotatable bonds is 6. The number of hydrogen-bond donors (Lipinski definition) is 0. The van der Waals surface area contributed by atoms with Gasteiger partial charge in [0.2, 0.25) is 0 Å². The first-order chi connectivity index (χ1) is 12.2. The third kappa shape index (κ3) is 3.91. The summed E-state index contributed by atoms with van der Waals surface area (Å²) in [7, 11) is 3.16. The van der Waals surface area contributed by atoms with Gasteiger partial charge in [-0.25, -0.2) is 0 Å². The smallest absolute Gasteiger partial charge is 0.310 e. The van der Waals surface area contributed by atoms with Gasteiger partial charge in [-0.1, -0.05) is 48.5 Å². The molecule has 4 heteroatoms. The maximum absolute atomic E-state index is 12.2. The van der Waals surface area contributed by atoms with Crippen molar-refractivity contribution in [3.8, 4) is 11.5 Å². The predicted molar refractivity (Wildman–Crippen MR) is 97.0 cm³/mol. The Hall–Kier alpha value is -3.01. The number of esters is 1. The standard InChI is InChI=1S/C21H20O4/c1-23-19-11-10-15(12-20(19)24-2)14-25-21(22)13-17-8-5-7-16-6-3-4-9-18(16)17/h3-12H,13-14H2,1-2H3. The molecule has 0 unspecified atom stereocenters. The van der Waals surface area contributed by atoms with Gasteiger partial charge in [0, 0.05) is 0 Å². The molecule has 0 bridgehead atoms. The van der Waals surface area contributed by atoms with Crippen molar-refractivity contribution < 1.29 is 19.0 Å². The number of ether oxygens (including phenoxy) is 3. The Balaban J connectivity index is 1.67. The minimum Gasteiger partial charge on any atom is -0.493 e. The van der Waals surface area contributed by atoms with Crippen LogP contribution in [0.25, 0.3) is 10.8 Å². The molecule has 128 valence electrons. The van der Waals surface area contributed by atoms with Crippen molar-refractivity contribution in [2.45, 2.75) is 13.0 Å². The molecule has 0 spiro atoms. The second-order valence-electron chi connectivity index (χ2n) is 5.67. The molecular weight excluding hydrogens is 316 g/mol. The van der Waals surface area contributed by atoms with Crippen LogP contribution >= 0.6 is 0 Å². The summed E-state index contributed by atoms with van der Waals surface area (Å²) in [6.45, 7) is 0.198. The maximum atomic E-state index is 12.2. The monoisotopic (exact) mass is 336 g/mol. The van der Waals surface area contributed by atoms with Crippen molar-refractivity contribution in [1.82, 2.24) is 0 Å². The zero-order valence-electron chi connectivity index (χ0n) is 14.3. The number of carbonyl (C=O) groups is 1. The van der Waals surface area contributed by atoms with Crippen molar-refractivity contribution >= 4 is 16.7 Å². The van der Waals surface area contributed by atoms with Crippen molar-refractivity contribution in [3.05, 3.63) is 71.8 Å². The normalized spacial score (nSPS) is 10.5. The molecule has 0 aromatic heterocycles. The second-order valence-corrected chi connectivity index (χ2v) is 5.67. The van der Waals surface area contributed by atoms with Gasteiger partial charge in [-0.05, 0) is 34.0 Å². The Morgan fingerprint density at radius 2 is 1.64 bits per heavy atom. The summed E-state index contributed by atoms with van der Waals surface area (Å²) in [5.41, 5.74) is 1.82. The lowest BCUT2D eigenvalue weighted by atomic mass is 10.0. The highest BCUT2D eigenvalue weighted by atomic mass is 16.5. The number of carbonyl (C=O) groups excluding carboxylic acids is 1. The third-order valence-electron chi connectivity index (χ3n) is 4.06. The SMILES string of the molecule is COc1ccc(COC(=O)Cc2cccc3ccccc23)cc1OC. The van der Waals surface area contributed by atoms with E-state index in [1.807, 2.05) is 54.6 Å². The van der Waals surface area contributed by atoms with Crippen molar-refractivity contribution in [3.63, 3.8) is 0 Å². The summed E-state index contributed by atoms with van der Waals surface area (Å²) in [5, 5.41) is 2.20. The van der Waals surface area contributed by atoms with E-state index >= 15 is 0 Å². The molecule has 0 aliphatic carbocycles. The van der Waals surface area contributed by atoms with Crippen LogP contribution < -0.4 is 9.47 Å². The molecule has 25 heavy (non-hydrogen) atoms. The highest BCUT2D eigenvalue weighted by molar-refractivity contribution is 5.88. The molecule has 0 N–H and O–H groups in total. The van der Waals surface area contributed by atoms with Crippen LogP contribution in [-0.4, -0.2) is 20.2 Å². The fourth-order valence-electron chi connectivity index (χ4n) is 2.79. The van der Waals surface area contributed by atoms with E-state index < -0.39 is 0 Å². The van der Waals surface area contributed by atoms with Gasteiger partial charge in [0.25, 0.3) is 0 Å². The van der Waals surface area contributed by atoms with E-state index in [9.17, 15) is 4.79 Å². The van der Waals surface area contributed by atoms with Crippen molar-refractivity contribution in [1.29, 1.82) is 0 Å². The molecule has 0 saturated carbocycles. The van der Waals surface area contributed by atoms with Gasteiger partial charge in [-0.2, -0.15) is 0 Å². The Morgan fingerprint density at radius 1 is 0.880 bits per heavy atom. The minimum absolute atomic E-state index is 0.198. The fourth-order valence-corrected chi connectivity index (χ4v) is 2.79.